The second-order valence-corrected chi connectivity index (χ2v) is 6.32. The molecule has 25 heavy (non-hydrogen) atoms. The minimum absolute atomic E-state index is 0.411. The van der Waals surface area contributed by atoms with Crippen LogP contribution in [0.2, 0.25) is 5.02 Å². The van der Waals surface area contributed by atoms with Crippen LogP contribution in [0.5, 0.6) is 11.5 Å². The minimum Gasteiger partial charge on any atom is -0.493 e. The first kappa shape index (κ1) is 17.4. The van der Waals surface area contributed by atoms with E-state index >= 15 is 0 Å². The third-order valence-electron chi connectivity index (χ3n) is 3.33. The summed E-state index contributed by atoms with van der Waals surface area (Å²) in [4.78, 5) is 0. The zero-order chi connectivity index (χ0) is 17.6. The lowest BCUT2D eigenvalue weighted by Gasteiger charge is -2.12. The Labute approximate surface area is 158 Å². The van der Waals surface area contributed by atoms with Gasteiger partial charge in [0.15, 0.2) is 11.5 Å². The number of ether oxygens (including phenoxy) is 2. The SMILES string of the molecule is COc1cc(/C=N\n2cnnc2)c(Br)cc1OCc1ccc(Cl)cc1. The highest BCUT2D eigenvalue weighted by molar-refractivity contribution is 9.10. The van der Waals surface area contributed by atoms with Crippen LogP contribution in [0.15, 0.2) is 58.6 Å². The van der Waals surface area contributed by atoms with E-state index in [4.69, 9.17) is 21.1 Å². The Bertz CT molecular complexity index is 867. The van der Waals surface area contributed by atoms with Crippen molar-refractivity contribution < 1.29 is 9.47 Å². The second kappa shape index (κ2) is 8.13. The zero-order valence-electron chi connectivity index (χ0n) is 13.3. The average molecular weight is 422 g/mol. The highest BCUT2D eigenvalue weighted by Crippen LogP contribution is 2.33. The van der Waals surface area contributed by atoms with Crippen LogP contribution in [0.4, 0.5) is 0 Å². The molecule has 1 aromatic heterocycles. The molecule has 128 valence electrons. The summed E-state index contributed by atoms with van der Waals surface area (Å²) in [7, 11) is 1.60. The van der Waals surface area contributed by atoms with Gasteiger partial charge in [0.2, 0.25) is 0 Å². The zero-order valence-corrected chi connectivity index (χ0v) is 15.6. The first-order valence-corrected chi connectivity index (χ1v) is 8.46. The molecule has 3 rings (SSSR count). The third kappa shape index (κ3) is 4.58. The number of hydrogen-bond acceptors (Lipinski definition) is 5. The normalized spacial score (nSPS) is 11.0. The molecule has 0 saturated carbocycles. The predicted molar refractivity (Wildman–Crippen MR) is 99.5 cm³/mol. The molecule has 0 radical (unpaired) electrons. The van der Waals surface area contributed by atoms with Gasteiger partial charge < -0.3 is 9.47 Å². The van der Waals surface area contributed by atoms with Crippen LogP contribution in [0.25, 0.3) is 0 Å². The summed E-state index contributed by atoms with van der Waals surface area (Å²) < 4.78 is 13.6. The fourth-order valence-electron chi connectivity index (χ4n) is 2.05. The summed E-state index contributed by atoms with van der Waals surface area (Å²) in [5.41, 5.74) is 1.85. The van der Waals surface area contributed by atoms with Gasteiger partial charge in [0.25, 0.3) is 0 Å². The van der Waals surface area contributed by atoms with Gasteiger partial charge >= 0.3 is 0 Å². The van der Waals surface area contributed by atoms with Gasteiger partial charge in [-0.1, -0.05) is 23.7 Å². The smallest absolute Gasteiger partial charge is 0.162 e. The van der Waals surface area contributed by atoms with Gasteiger partial charge in [-0.05, 0) is 45.8 Å². The summed E-state index contributed by atoms with van der Waals surface area (Å²) >= 11 is 9.42. The fraction of sp³-hybridized carbons (Fsp3) is 0.118. The largest absolute Gasteiger partial charge is 0.493 e. The second-order valence-electron chi connectivity index (χ2n) is 5.03. The molecule has 0 bridgehead atoms. The Hall–Kier alpha value is -2.38. The average Bonchev–Trinajstić information content (AvgIpc) is 3.14. The van der Waals surface area contributed by atoms with Crippen molar-refractivity contribution in [1.82, 2.24) is 14.9 Å². The molecule has 0 spiro atoms. The van der Waals surface area contributed by atoms with E-state index in [-0.39, 0.29) is 0 Å². The van der Waals surface area contributed by atoms with E-state index < -0.39 is 0 Å². The maximum atomic E-state index is 5.89. The highest BCUT2D eigenvalue weighted by atomic mass is 79.9. The minimum atomic E-state index is 0.411. The van der Waals surface area contributed by atoms with Crippen LogP contribution >= 0.6 is 27.5 Å². The van der Waals surface area contributed by atoms with Gasteiger partial charge in [0.1, 0.15) is 19.3 Å². The molecule has 0 saturated heterocycles. The highest BCUT2D eigenvalue weighted by Gasteiger charge is 2.10. The molecule has 0 amide bonds. The summed E-state index contributed by atoms with van der Waals surface area (Å²) in [6.45, 7) is 0.411. The number of nitrogens with zero attached hydrogens (tertiary/aromatic N) is 4. The fourth-order valence-corrected chi connectivity index (χ4v) is 2.60. The van der Waals surface area contributed by atoms with E-state index in [1.165, 1.54) is 17.3 Å². The van der Waals surface area contributed by atoms with E-state index in [2.05, 4.69) is 31.2 Å². The van der Waals surface area contributed by atoms with Crippen LogP contribution < -0.4 is 9.47 Å². The number of halogens is 2. The van der Waals surface area contributed by atoms with Gasteiger partial charge in [-0.3, -0.25) is 0 Å². The van der Waals surface area contributed by atoms with Crippen molar-refractivity contribution in [1.29, 1.82) is 0 Å². The molecule has 0 aliphatic heterocycles. The van der Waals surface area contributed by atoms with Gasteiger partial charge in [0.05, 0.1) is 13.3 Å². The van der Waals surface area contributed by atoms with Crippen molar-refractivity contribution >= 4 is 33.7 Å². The number of benzene rings is 2. The third-order valence-corrected chi connectivity index (χ3v) is 4.27. The lowest BCUT2D eigenvalue weighted by Crippen LogP contribution is -1.99. The molecule has 0 aliphatic carbocycles. The predicted octanol–water partition coefficient (Wildman–Crippen LogP) is 4.16. The molecule has 0 N–H and O–H groups in total. The number of methoxy groups -OCH3 is 1. The summed E-state index contributed by atoms with van der Waals surface area (Å²) in [6.07, 6.45) is 4.69. The molecule has 1 heterocycles. The lowest BCUT2D eigenvalue weighted by molar-refractivity contribution is 0.284. The molecule has 2 aromatic carbocycles. The lowest BCUT2D eigenvalue weighted by atomic mass is 10.2. The first-order valence-electron chi connectivity index (χ1n) is 7.29. The van der Waals surface area contributed by atoms with Crippen LogP contribution in [0.3, 0.4) is 0 Å². The van der Waals surface area contributed by atoms with E-state index in [1.54, 1.807) is 13.3 Å². The standard InChI is InChI=1S/C17H14BrClN4O2/c1-24-16-6-13(8-22-23-10-20-21-11-23)15(18)7-17(16)25-9-12-2-4-14(19)5-3-12/h2-8,10-11H,9H2,1H3/b22-8-. The Kier molecular flexibility index (Phi) is 5.67. The van der Waals surface area contributed by atoms with Crippen molar-refractivity contribution in [3.05, 3.63) is 69.7 Å². The van der Waals surface area contributed by atoms with Crippen LogP contribution in [0.1, 0.15) is 11.1 Å². The van der Waals surface area contributed by atoms with Crippen LogP contribution in [-0.4, -0.2) is 28.2 Å². The number of hydrogen-bond donors (Lipinski definition) is 0. The van der Waals surface area contributed by atoms with Crippen LogP contribution in [-0.2, 0) is 6.61 Å². The van der Waals surface area contributed by atoms with E-state index in [0.717, 1.165) is 15.6 Å². The van der Waals surface area contributed by atoms with Crippen molar-refractivity contribution in [3.63, 3.8) is 0 Å². The van der Waals surface area contributed by atoms with Crippen molar-refractivity contribution in [2.75, 3.05) is 7.11 Å². The molecule has 0 fully saturated rings. The Morgan fingerprint density at radius 2 is 1.88 bits per heavy atom. The Morgan fingerprint density at radius 1 is 1.16 bits per heavy atom. The van der Waals surface area contributed by atoms with Gasteiger partial charge in [-0.15, -0.1) is 10.2 Å². The van der Waals surface area contributed by atoms with E-state index in [1.807, 2.05) is 36.4 Å². The van der Waals surface area contributed by atoms with Crippen LogP contribution in [0, 0.1) is 0 Å². The van der Waals surface area contributed by atoms with Crippen molar-refractivity contribution in [3.8, 4) is 11.5 Å². The summed E-state index contributed by atoms with van der Waals surface area (Å²) in [5, 5.41) is 12.3. The topological polar surface area (TPSA) is 61.5 Å². The van der Waals surface area contributed by atoms with Crippen molar-refractivity contribution in [2.24, 2.45) is 5.10 Å². The Balaban J connectivity index is 1.78. The molecule has 6 nitrogen and oxygen atoms in total. The van der Waals surface area contributed by atoms with E-state index in [9.17, 15) is 0 Å². The maximum absolute atomic E-state index is 5.89. The number of rotatable bonds is 6. The van der Waals surface area contributed by atoms with E-state index in [0.29, 0.717) is 23.1 Å². The molecule has 8 heteroatoms. The quantitative estimate of drug-likeness (QED) is 0.561. The van der Waals surface area contributed by atoms with Gasteiger partial charge in [-0.25, -0.2) is 4.68 Å². The number of aromatic nitrogens is 3. The van der Waals surface area contributed by atoms with Crippen molar-refractivity contribution in [2.45, 2.75) is 6.61 Å². The maximum Gasteiger partial charge on any atom is 0.162 e. The molecular formula is C17H14BrClN4O2. The monoisotopic (exact) mass is 420 g/mol. The first-order chi connectivity index (χ1) is 12.2. The molecule has 0 aliphatic rings. The Morgan fingerprint density at radius 3 is 2.56 bits per heavy atom. The summed E-state index contributed by atoms with van der Waals surface area (Å²) in [5.74, 6) is 1.24. The summed E-state index contributed by atoms with van der Waals surface area (Å²) in [6, 6.07) is 11.2. The van der Waals surface area contributed by atoms with Gasteiger partial charge in [-0.2, -0.15) is 5.10 Å². The molecular weight excluding hydrogens is 408 g/mol. The molecule has 0 unspecified atom stereocenters. The van der Waals surface area contributed by atoms with Gasteiger partial charge in [0, 0.05) is 15.1 Å². The molecule has 0 atom stereocenters. The molecule has 3 aromatic rings.